The molecule has 0 saturated carbocycles. The topological polar surface area (TPSA) is 57.5 Å². The molecule has 7 heteroatoms. The number of halogens is 1. The zero-order valence-electron chi connectivity index (χ0n) is 16.8. The molecule has 26 heavy (non-hydrogen) atoms. The van der Waals surface area contributed by atoms with Crippen LogP contribution in [0.5, 0.6) is 0 Å². The summed E-state index contributed by atoms with van der Waals surface area (Å²) >= 11 is 0. The number of aryl methyl sites for hydroxylation is 2. The molecule has 6 nitrogen and oxygen atoms in total. The number of guanidine groups is 1. The molecule has 1 aromatic carbocycles. The lowest BCUT2D eigenvalue weighted by molar-refractivity contribution is 0.197. The van der Waals surface area contributed by atoms with Crippen molar-refractivity contribution in [2.45, 2.75) is 39.3 Å². The smallest absolute Gasteiger partial charge is 0.191 e. The minimum atomic E-state index is 0. The minimum Gasteiger partial charge on any atom is -0.356 e. The molecule has 1 aromatic heterocycles. The molecule has 0 fully saturated rings. The van der Waals surface area contributed by atoms with Gasteiger partial charge in [0, 0.05) is 32.2 Å². The van der Waals surface area contributed by atoms with Gasteiger partial charge in [0.15, 0.2) is 5.96 Å². The highest BCUT2D eigenvalue weighted by Gasteiger charge is 2.20. The largest absolute Gasteiger partial charge is 0.356 e. The lowest BCUT2D eigenvalue weighted by Crippen LogP contribution is -2.50. The highest BCUT2D eigenvalue weighted by Crippen LogP contribution is 2.15. The molecule has 0 atom stereocenters. The predicted molar refractivity (Wildman–Crippen MR) is 122 cm³/mol. The molecular formula is C19H33IN6. The Morgan fingerprint density at radius 1 is 1.23 bits per heavy atom. The monoisotopic (exact) mass is 472 g/mol. The van der Waals surface area contributed by atoms with Crippen molar-refractivity contribution in [3.63, 3.8) is 0 Å². The Morgan fingerprint density at radius 3 is 2.58 bits per heavy atom. The molecule has 1 heterocycles. The Morgan fingerprint density at radius 2 is 1.92 bits per heavy atom. The van der Waals surface area contributed by atoms with Crippen molar-refractivity contribution in [1.29, 1.82) is 0 Å². The van der Waals surface area contributed by atoms with Gasteiger partial charge in [-0.3, -0.25) is 4.99 Å². The first-order valence-corrected chi connectivity index (χ1v) is 8.89. The maximum absolute atomic E-state index is 4.62. The van der Waals surface area contributed by atoms with E-state index < -0.39 is 0 Å². The molecule has 0 bridgehead atoms. The van der Waals surface area contributed by atoms with E-state index in [9.17, 15) is 0 Å². The van der Waals surface area contributed by atoms with Crippen LogP contribution in [0.1, 0.15) is 26.1 Å². The first kappa shape index (κ1) is 22.7. The van der Waals surface area contributed by atoms with E-state index in [0.717, 1.165) is 43.4 Å². The van der Waals surface area contributed by atoms with Gasteiger partial charge in [-0.1, -0.05) is 12.1 Å². The van der Waals surface area contributed by atoms with Gasteiger partial charge >= 0.3 is 0 Å². The number of hydrogen-bond acceptors (Lipinski definition) is 3. The number of aromatic nitrogens is 2. The lowest BCUT2D eigenvalue weighted by Gasteiger charge is -2.33. The average molecular weight is 472 g/mol. The van der Waals surface area contributed by atoms with E-state index in [1.54, 1.807) is 0 Å². The van der Waals surface area contributed by atoms with Crippen LogP contribution >= 0.6 is 24.0 Å². The highest BCUT2D eigenvalue weighted by molar-refractivity contribution is 14.0. The van der Waals surface area contributed by atoms with Crippen LogP contribution in [-0.2, 0) is 6.54 Å². The van der Waals surface area contributed by atoms with Crippen molar-refractivity contribution in [1.82, 2.24) is 25.1 Å². The number of aliphatic imine (C=N–C) groups is 1. The van der Waals surface area contributed by atoms with E-state index in [1.807, 2.05) is 13.1 Å². The Labute approximate surface area is 174 Å². The summed E-state index contributed by atoms with van der Waals surface area (Å²) in [7, 11) is 6.00. The number of likely N-dealkylation sites (N-methyl/N-ethyl adjacent to an activating group) is 1. The molecule has 146 valence electrons. The molecule has 2 N–H and O–H groups in total. The van der Waals surface area contributed by atoms with Crippen LogP contribution in [0, 0.1) is 6.92 Å². The number of nitrogens with one attached hydrogen (secondary N) is 2. The van der Waals surface area contributed by atoms with E-state index >= 15 is 0 Å². The van der Waals surface area contributed by atoms with E-state index in [-0.39, 0.29) is 29.5 Å². The second-order valence-electron chi connectivity index (χ2n) is 7.21. The lowest BCUT2D eigenvalue weighted by atomic mass is 10.0. The quantitative estimate of drug-likeness (QED) is 0.282. The summed E-state index contributed by atoms with van der Waals surface area (Å²) in [6.07, 6.45) is 1.01. The van der Waals surface area contributed by atoms with Crippen molar-refractivity contribution in [2.24, 2.45) is 4.99 Å². The number of para-hydroxylation sites is 2. The molecule has 0 aliphatic heterocycles. The van der Waals surface area contributed by atoms with Crippen LogP contribution in [0.15, 0.2) is 29.3 Å². The van der Waals surface area contributed by atoms with E-state index in [0.29, 0.717) is 0 Å². The third kappa shape index (κ3) is 5.84. The summed E-state index contributed by atoms with van der Waals surface area (Å²) < 4.78 is 2.28. The van der Waals surface area contributed by atoms with Gasteiger partial charge in [0.05, 0.1) is 11.0 Å². The Hall–Kier alpha value is -1.35. The first-order valence-electron chi connectivity index (χ1n) is 8.89. The van der Waals surface area contributed by atoms with Crippen molar-refractivity contribution < 1.29 is 0 Å². The maximum atomic E-state index is 4.62. The Bertz CT molecular complexity index is 720. The van der Waals surface area contributed by atoms with Gasteiger partial charge in [0.25, 0.3) is 0 Å². The van der Waals surface area contributed by atoms with E-state index in [2.05, 4.69) is 83.1 Å². The molecule has 0 aliphatic carbocycles. The SMILES string of the molecule is CN=C(NCCCn1c(C)nc2ccccc21)NCC(C)(C)N(C)C.I. The van der Waals surface area contributed by atoms with Crippen molar-refractivity contribution >= 4 is 41.0 Å². The summed E-state index contributed by atoms with van der Waals surface area (Å²) in [6, 6.07) is 8.30. The number of rotatable bonds is 7. The number of imidazole rings is 1. The second kappa shape index (κ2) is 10.1. The van der Waals surface area contributed by atoms with Gasteiger partial charge in [0.2, 0.25) is 0 Å². The highest BCUT2D eigenvalue weighted by atomic mass is 127. The predicted octanol–water partition coefficient (Wildman–Crippen LogP) is 2.86. The molecule has 2 rings (SSSR count). The van der Waals surface area contributed by atoms with Crippen LogP contribution in [-0.4, -0.2) is 60.2 Å². The number of fused-ring (bicyclic) bond motifs is 1. The van der Waals surface area contributed by atoms with Gasteiger partial charge < -0.3 is 20.1 Å². The summed E-state index contributed by atoms with van der Waals surface area (Å²) in [5, 5.41) is 6.80. The minimum absolute atomic E-state index is 0. The standard InChI is InChI=1S/C19H32N6.HI/c1-15-23-16-10-7-8-11-17(16)25(15)13-9-12-21-18(20-4)22-14-19(2,3)24(5)6;/h7-8,10-11H,9,12-14H2,1-6H3,(H2,20,21,22);1H. The Kier molecular flexibility index (Phi) is 8.82. The molecule has 2 aromatic rings. The molecule has 0 saturated heterocycles. The molecule has 0 aliphatic rings. The van der Waals surface area contributed by atoms with Crippen molar-refractivity contribution in [2.75, 3.05) is 34.2 Å². The zero-order chi connectivity index (χ0) is 18.4. The van der Waals surface area contributed by atoms with Crippen molar-refractivity contribution in [3.05, 3.63) is 30.1 Å². The first-order chi connectivity index (χ1) is 11.8. The van der Waals surface area contributed by atoms with E-state index in [4.69, 9.17) is 0 Å². The third-order valence-electron chi connectivity index (χ3n) is 4.82. The maximum Gasteiger partial charge on any atom is 0.191 e. The zero-order valence-corrected chi connectivity index (χ0v) is 19.2. The fraction of sp³-hybridized carbons (Fsp3) is 0.579. The summed E-state index contributed by atoms with van der Waals surface area (Å²) in [5.41, 5.74) is 2.34. The molecule has 0 spiro atoms. The summed E-state index contributed by atoms with van der Waals surface area (Å²) in [4.78, 5) is 11.1. The van der Waals surface area contributed by atoms with Gasteiger partial charge in [-0.15, -0.1) is 24.0 Å². The van der Waals surface area contributed by atoms with E-state index in [1.165, 1.54) is 5.52 Å². The number of hydrogen-bond donors (Lipinski definition) is 2. The normalized spacial score (nSPS) is 12.3. The summed E-state index contributed by atoms with van der Waals surface area (Å²) in [6.45, 7) is 9.14. The second-order valence-corrected chi connectivity index (χ2v) is 7.21. The number of nitrogens with zero attached hydrogens (tertiary/aromatic N) is 4. The molecule has 0 unspecified atom stereocenters. The van der Waals surface area contributed by atoms with Gasteiger partial charge in [-0.25, -0.2) is 4.98 Å². The fourth-order valence-electron chi connectivity index (χ4n) is 2.60. The molecule has 0 radical (unpaired) electrons. The molecular weight excluding hydrogens is 439 g/mol. The average Bonchev–Trinajstić information content (AvgIpc) is 2.89. The van der Waals surface area contributed by atoms with Crippen LogP contribution < -0.4 is 10.6 Å². The van der Waals surface area contributed by atoms with Crippen LogP contribution in [0.2, 0.25) is 0 Å². The summed E-state index contributed by atoms with van der Waals surface area (Å²) in [5.74, 6) is 1.92. The Balaban J connectivity index is 0.00000338. The van der Waals surface area contributed by atoms with Crippen molar-refractivity contribution in [3.8, 4) is 0 Å². The number of benzene rings is 1. The van der Waals surface area contributed by atoms with Crippen LogP contribution in [0.4, 0.5) is 0 Å². The fourth-order valence-corrected chi connectivity index (χ4v) is 2.60. The van der Waals surface area contributed by atoms with Gasteiger partial charge in [-0.2, -0.15) is 0 Å². The van der Waals surface area contributed by atoms with Gasteiger partial charge in [0.1, 0.15) is 5.82 Å². The van der Waals surface area contributed by atoms with Crippen LogP contribution in [0.25, 0.3) is 11.0 Å². The van der Waals surface area contributed by atoms with Gasteiger partial charge in [-0.05, 0) is 53.4 Å². The third-order valence-corrected chi connectivity index (χ3v) is 4.82. The van der Waals surface area contributed by atoms with Crippen LogP contribution in [0.3, 0.4) is 0 Å². The molecule has 0 amide bonds.